The lowest BCUT2D eigenvalue weighted by molar-refractivity contribution is 0.102. The highest BCUT2D eigenvalue weighted by molar-refractivity contribution is 6.05. The molecule has 3 N–H and O–H groups in total. The van der Waals surface area contributed by atoms with Crippen molar-refractivity contribution in [2.75, 3.05) is 28.6 Å². The largest absolute Gasteiger partial charge is 0.507 e. The van der Waals surface area contributed by atoms with E-state index in [1.54, 1.807) is 24.5 Å². The second-order valence-corrected chi connectivity index (χ2v) is 9.41. The first kappa shape index (κ1) is 24.5. The Morgan fingerprint density at radius 3 is 2.65 bits per heavy atom. The molecule has 8 heteroatoms. The lowest BCUT2D eigenvalue weighted by Gasteiger charge is -2.16. The SMILES string of the molecule is CCC(CC)Nc1ncc2cc(-c3cccc(NC(=O)c4ccnc(N5CCCC5)c4)c3)c(O)cc2n1. The van der Waals surface area contributed by atoms with Crippen molar-refractivity contribution in [3.8, 4) is 16.9 Å². The topological polar surface area (TPSA) is 103 Å². The summed E-state index contributed by atoms with van der Waals surface area (Å²) in [7, 11) is 0. The zero-order valence-electron chi connectivity index (χ0n) is 21.2. The maximum Gasteiger partial charge on any atom is 0.255 e. The van der Waals surface area contributed by atoms with Crippen LogP contribution in [0.5, 0.6) is 5.75 Å². The highest BCUT2D eigenvalue weighted by atomic mass is 16.3. The van der Waals surface area contributed by atoms with Crippen LogP contribution in [-0.2, 0) is 0 Å². The molecule has 5 rings (SSSR count). The van der Waals surface area contributed by atoms with E-state index in [1.807, 2.05) is 36.4 Å². The van der Waals surface area contributed by atoms with E-state index in [0.29, 0.717) is 34.3 Å². The molecular weight excluding hydrogens is 464 g/mol. The lowest BCUT2D eigenvalue weighted by atomic mass is 10.0. The average Bonchev–Trinajstić information content (AvgIpc) is 3.47. The summed E-state index contributed by atoms with van der Waals surface area (Å²) in [4.78, 5) is 28.7. The molecule has 4 aromatic rings. The van der Waals surface area contributed by atoms with Gasteiger partial charge in [-0.15, -0.1) is 0 Å². The second-order valence-electron chi connectivity index (χ2n) is 9.41. The molecule has 2 aromatic heterocycles. The van der Waals surface area contributed by atoms with Gasteiger partial charge in [0.05, 0.1) is 5.52 Å². The predicted octanol–water partition coefficient (Wildman–Crippen LogP) is 5.85. The fourth-order valence-electron chi connectivity index (χ4n) is 4.69. The normalized spacial score (nSPS) is 13.3. The molecular formula is C29H32N6O2. The number of pyridine rings is 1. The van der Waals surface area contributed by atoms with Crippen LogP contribution < -0.4 is 15.5 Å². The zero-order valence-corrected chi connectivity index (χ0v) is 21.2. The number of phenolic OH excluding ortho intramolecular Hbond substituents is 1. The van der Waals surface area contributed by atoms with Crippen LogP contribution >= 0.6 is 0 Å². The number of carbonyl (C=O) groups excluding carboxylic acids is 1. The van der Waals surface area contributed by atoms with Gasteiger partial charge in [-0.2, -0.15) is 0 Å². The summed E-state index contributed by atoms with van der Waals surface area (Å²) >= 11 is 0. The number of amides is 1. The first-order valence-electron chi connectivity index (χ1n) is 12.9. The van der Waals surface area contributed by atoms with Crippen LogP contribution in [0.2, 0.25) is 0 Å². The van der Waals surface area contributed by atoms with Crippen LogP contribution in [-0.4, -0.2) is 45.1 Å². The van der Waals surface area contributed by atoms with E-state index in [9.17, 15) is 9.90 Å². The predicted molar refractivity (Wildman–Crippen MR) is 148 cm³/mol. The quantitative estimate of drug-likeness (QED) is 0.281. The Morgan fingerprint density at radius 2 is 1.86 bits per heavy atom. The molecule has 0 bridgehead atoms. The number of nitrogens with zero attached hydrogens (tertiary/aromatic N) is 4. The van der Waals surface area contributed by atoms with Crippen LogP contribution in [0.15, 0.2) is 60.9 Å². The Balaban J connectivity index is 1.36. The standard InChI is InChI=1S/C29H32N6O2/c1-3-22(4-2)33-29-31-18-21-15-24(26(36)17-25(21)34-29)19-8-7-9-23(14-19)32-28(37)20-10-11-30-27(16-20)35-12-5-6-13-35/h7-11,14-18,22,36H,3-6,12-13H2,1-2H3,(H,32,37)(H,31,33,34). The van der Waals surface area contributed by atoms with Gasteiger partial charge in [0.2, 0.25) is 5.95 Å². The third-order valence-corrected chi connectivity index (χ3v) is 6.89. The van der Waals surface area contributed by atoms with Crippen molar-refractivity contribution >= 4 is 34.3 Å². The van der Waals surface area contributed by atoms with E-state index in [4.69, 9.17) is 0 Å². The summed E-state index contributed by atoms with van der Waals surface area (Å²) in [6, 6.07) is 14.8. The van der Waals surface area contributed by atoms with Gasteiger partial charge in [0.25, 0.3) is 5.91 Å². The van der Waals surface area contributed by atoms with Crippen molar-refractivity contribution in [2.45, 2.75) is 45.6 Å². The highest BCUT2D eigenvalue weighted by Crippen LogP contribution is 2.34. The molecule has 0 saturated carbocycles. The molecule has 190 valence electrons. The number of aromatic nitrogens is 3. The monoisotopic (exact) mass is 496 g/mol. The summed E-state index contributed by atoms with van der Waals surface area (Å²) < 4.78 is 0. The smallest absolute Gasteiger partial charge is 0.255 e. The number of carbonyl (C=O) groups is 1. The van der Waals surface area contributed by atoms with E-state index in [0.717, 1.165) is 55.5 Å². The average molecular weight is 497 g/mol. The molecule has 1 aliphatic heterocycles. The number of phenols is 1. The number of aromatic hydroxyl groups is 1. The Bertz CT molecular complexity index is 1410. The maximum absolute atomic E-state index is 13.0. The lowest BCUT2D eigenvalue weighted by Crippen LogP contribution is -2.20. The summed E-state index contributed by atoms with van der Waals surface area (Å²) in [6.45, 7) is 6.19. The summed E-state index contributed by atoms with van der Waals surface area (Å²) in [6.07, 6.45) is 7.71. The Morgan fingerprint density at radius 1 is 1.05 bits per heavy atom. The van der Waals surface area contributed by atoms with Gasteiger partial charge >= 0.3 is 0 Å². The molecule has 0 unspecified atom stereocenters. The molecule has 0 aliphatic carbocycles. The van der Waals surface area contributed by atoms with Crippen molar-refractivity contribution in [3.63, 3.8) is 0 Å². The number of nitrogens with one attached hydrogen (secondary N) is 2. The van der Waals surface area contributed by atoms with Crippen LogP contribution in [0.1, 0.15) is 49.9 Å². The third kappa shape index (κ3) is 5.48. The van der Waals surface area contributed by atoms with Gasteiger partial charge in [-0.25, -0.2) is 15.0 Å². The molecule has 8 nitrogen and oxygen atoms in total. The molecule has 37 heavy (non-hydrogen) atoms. The van der Waals surface area contributed by atoms with E-state index in [1.165, 1.54) is 0 Å². The van der Waals surface area contributed by atoms with Gasteiger partial charge in [0.15, 0.2) is 0 Å². The van der Waals surface area contributed by atoms with Crippen LogP contribution in [0, 0.1) is 0 Å². The van der Waals surface area contributed by atoms with E-state index >= 15 is 0 Å². The minimum absolute atomic E-state index is 0.118. The van der Waals surface area contributed by atoms with Gasteiger partial charge < -0.3 is 20.6 Å². The van der Waals surface area contributed by atoms with Crippen LogP contribution in [0.3, 0.4) is 0 Å². The molecule has 0 spiro atoms. The van der Waals surface area contributed by atoms with Gasteiger partial charge in [-0.3, -0.25) is 4.79 Å². The number of hydrogen-bond donors (Lipinski definition) is 3. The van der Waals surface area contributed by atoms with Gasteiger partial charge in [-0.05, 0) is 61.6 Å². The van der Waals surface area contributed by atoms with Gasteiger partial charge in [0.1, 0.15) is 11.6 Å². The highest BCUT2D eigenvalue weighted by Gasteiger charge is 2.16. The molecule has 1 aliphatic rings. The molecule has 3 heterocycles. The number of hydrogen-bond acceptors (Lipinski definition) is 7. The van der Waals surface area contributed by atoms with E-state index < -0.39 is 0 Å². The molecule has 1 amide bonds. The molecule has 0 atom stereocenters. The van der Waals surface area contributed by atoms with Crippen molar-refractivity contribution in [3.05, 3.63) is 66.5 Å². The first-order valence-corrected chi connectivity index (χ1v) is 12.9. The zero-order chi connectivity index (χ0) is 25.8. The van der Waals surface area contributed by atoms with Crippen molar-refractivity contribution < 1.29 is 9.90 Å². The van der Waals surface area contributed by atoms with Gasteiger partial charge in [0, 0.05) is 59.8 Å². The Labute approximate surface area is 216 Å². The first-order chi connectivity index (χ1) is 18.0. The summed E-state index contributed by atoms with van der Waals surface area (Å²) in [5.41, 5.74) is 3.30. The summed E-state index contributed by atoms with van der Waals surface area (Å²) in [5.74, 6) is 1.31. The van der Waals surface area contributed by atoms with E-state index in [2.05, 4.69) is 44.3 Å². The van der Waals surface area contributed by atoms with Crippen LogP contribution in [0.25, 0.3) is 22.0 Å². The minimum atomic E-state index is -0.200. The fourth-order valence-corrected chi connectivity index (χ4v) is 4.69. The molecule has 1 saturated heterocycles. The maximum atomic E-state index is 13.0. The van der Waals surface area contributed by atoms with Crippen LogP contribution in [0.4, 0.5) is 17.5 Å². The third-order valence-electron chi connectivity index (χ3n) is 6.89. The Hall–Kier alpha value is -4.20. The Kier molecular flexibility index (Phi) is 7.16. The second kappa shape index (κ2) is 10.8. The summed E-state index contributed by atoms with van der Waals surface area (Å²) in [5, 5.41) is 18.0. The number of benzene rings is 2. The van der Waals surface area contributed by atoms with Crippen molar-refractivity contribution in [1.29, 1.82) is 0 Å². The van der Waals surface area contributed by atoms with Crippen molar-refractivity contribution in [2.24, 2.45) is 0 Å². The molecule has 0 radical (unpaired) electrons. The number of rotatable bonds is 8. The van der Waals surface area contributed by atoms with Crippen molar-refractivity contribution in [1.82, 2.24) is 15.0 Å². The number of fused-ring (bicyclic) bond motifs is 1. The molecule has 1 fully saturated rings. The molecule has 2 aromatic carbocycles. The minimum Gasteiger partial charge on any atom is -0.507 e. The van der Waals surface area contributed by atoms with E-state index in [-0.39, 0.29) is 11.7 Å². The fraction of sp³-hybridized carbons (Fsp3) is 0.310. The van der Waals surface area contributed by atoms with Gasteiger partial charge in [-0.1, -0.05) is 26.0 Å². The number of anilines is 3.